The molecular formula is C15H24BrNO. The van der Waals surface area contributed by atoms with Crippen molar-refractivity contribution < 1.29 is 26.3 Å². The molecular weight excluding hydrogens is 290 g/mol. The van der Waals surface area contributed by atoms with Gasteiger partial charge in [0.15, 0.2) is 5.78 Å². The molecule has 2 nitrogen and oxygen atoms in total. The summed E-state index contributed by atoms with van der Waals surface area (Å²) in [5.74, 6) is 12.1. The summed E-state index contributed by atoms with van der Waals surface area (Å²) in [6.07, 6.45) is 0. The Labute approximate surface area is 122 Å². The molecule has 0 N–H and O–H groups in total. The van der Waals surface area contributed by atoms with Crippen LogP contribution in [-0.2, 0) is 4.79 Å². The van der Waals surface area contributed by atoms with Gasteiger partial charge in [0.05, 0.1) is 7.05 Å². The minimum atomic E-state index is -0.293. The number of ketones is 1. The van der Waals surface area contributed by atoms with Crippen LogP contribution in [0.5, 0.6) is 0 Å². The second kappa shape index (κ2) is 8.35. The van der Waals surface area contributed by atoms with Crippen LogP contribution < -0.4 is 17.0 Å². The topological polar surface area (TPSA) is 17.1 Å². The van der Waals surface area contributed by atoms with Crippen molar-refractivity contribution in [1.29, 1.82) is 0 Å². The average molecular weight is 314 g/mol. The van der Waals surface area contributed by atoms with Crippen molar-refractivity contribution >= 4 is 5.78 Å². The molecule has 0 aliphatic carbocycles. The number of halogens is 1. The summed E-state index contributed by atoms with van der Waals surface area (Å²) in [6.45, 7) is 11.3. The molecule has 0 saturated heterocycles. The first-order valence-electron chi connectivity index (χ1n) is 5.91. The number of rotatable bonds is 4. The summed E-state index contributed by atoms with van der Waals surface area (Å²) in [5.41, 5.74) is -0.293. The van der Waals surface area contributed by atoms with E-state index in [0.29, 0.717) is 24.1 Å². The Bertz CT molecular complexity index is 363. The smallest absolute Gasteiger partial charge is 0.192 e. The van der Waals surface area contributed by atoms with Gasteiger partial charge in [-0.05, 0) is 25.7 Å². The number of quaternary nitrogens is 1. The number of likely N-dealkylation sites (N-methyl/N-ethyl adjacent to an activating group) is 1. The lowest BCUT2D eigenvalue weighted by Crippen LogP contribution is -3.00. The Hall–Kier alpha value is -0.770. The van der Waals surface area contributed by atoms with Gasteiger partial charge in [-0.2, -0.15) is 0 Å². The number of carbonyl (C=O) groups is 1. The highest BCUT2D eigenvalue weighted by molar-refractivity contribution is 5.84. The Morgan fingerprint density at radius 3 is 1.72 bits per heavy atom. The van der Waals surface area contributed by atoms with Crippen LogP contribution in [0, 0.1) is 29.1 Å². The molecule has 18 heavy (non-hydrogen) atoms. The van der Waals surface area contributed by atoms with Crippen molar-refractivity contribution in [1.82, 2.24) is 0 Å². The maximum absolute atomic E-state index is 12.1. The SMILES string of the molecule is CC#CC[N+](C)(CC#CC)CC(=O)C(C)(C)C.[Br-]. The van der Waals surface area contributed by atoms with Crippen molar-refractivity contribution in [2.45, 2.75) is 34.6 Å². The quantitative estimate of drug-likeness (QED) is 0.486. The molecule has 0 aromatic rings. The zero-order chi connectivity index (χ0) is 13.5. The summed E-state index contributed by atoms with van der Waals surface area (Å²) in [4.78, 5) is 12.1. The number of nitrogens with zero attached hydrogens (tertiary/aromatic N) is 1. The van der Waals surface area contributed by atoms with Gasteiger partial charge in [-0.15, -0.1) is 11.8 Å². The van der Waals surface area contributed by atoms with Crippen LogP contribution in [0.4, 0.5) is 0 Å². The molecule has 0 atom stereocenters. The predicted molar refractivity (Wildman–Crippen MR) is 72.1 cm³/mol. The standard InChI is InChI=1S/C15H24NO.BrH/c1-7-9-11-16(6,12-10-8-2)13-14(17)15(3,4)5;/h11-13H2,1-6H3;1H/q+1;/p-1. The van der Waals surface area contributed by atoms with Gasteiger partial charge >= 0.3 is 0 Å². The van der Waals surface area contributed by atoms with Gasteiger partial charge in [0.25, 0.3) is 0 Å². The monoisotopic (exact) mass is 313 g/mol. The lowest BCUT2D eigenvalue weighted by molar-refractivity contribution is -0.888. The van der Waals surface area contributed by atoms with Crippen molar-refractivity contribution in [3.63, 3.8) is 0 Å². The molecule has 0 heterocycles. The maximum Gasteiger partial charge on any atom is 0.192 e. The largest absolute Gasteiger partial charge is 1.00 e. The van der Waals surface area contributed by atoms with Crippen LogP contribution >= 0.6 is 0 Å². The number of hydrogen-bond acceptors (Lipinski definition) is 1. The number of hydrogen-bond donors (Lipinski definition) is 0. The van der Waals surface area contributed by atoms with Gasteiger partial charge in [-0.3, -0.25) is 9.28 Å². The fraction of sp³-hybridized carbons (Fsp3) is 0.667. The molecule has 3 heteroatoms. The highest BCUT2D eigenvalue weighted by Crippen LogP contribution is 2.17. The minimum Gasteiger partial charge on any atom is -1.00 e. The van der Waals surface area contributed by atoms with E-state index in [1.807, 2.05) is 41.7 Å². The van der Waals surface area contributed by atoms with Crippen LogP contribution in [0.2, 0.25) is 0 Å². The summed E-state index contributed by atoms with van der Waals surface area (Å²) in [7, 11) is 2.04. The molecule has 0 aromatic carbocycles. The van der Waals surface area contributed by atoms with E-state index in [4.69, 9.17) is 0 Å². The number of carbonyl (C=O) groups excluding carboxylic acids is 1. The van der Waals surface area contributed by atoms with Crippen LogP contribution in [0.3, 0.4) is 0 Å². The number of Topliss-reactive ketones (excluding diaryl/α,β-unsaturated/α-hetero) is 1. The Morgan fingerprint density at radius 1 is 1.06 bits per heavy atom. The predicted octanol–water partition coefficient (Wildman–Crippen LogP) is -0.901. The van der Waals surface area contributed by atoms with Crippen LogP contribution in [-0.4, -0.2) is 36.9 Å². The molecule has 0 rings (SSSR count). The first-order valence-corrected chi connectivity index (χ1v) is 5.91. The molecule has 0 amide bonds. The third-order valence-electron chi connectivity index (χ3n) is 2.64. The third kappa shape index (κ3) is 7.54. The van der Waals surface area contributed by atoms with Crippen molar-refractivity contribution in [2.75, 3.05) is 26.7 Å². The lowest BCUT2D eigenvalue weighted by Gasteiger charge is -2.32. The molecule has 102 valence electrons. The normalized spacial score (nSPS) is 10.3. The fourth-order valence-electron chi connectivity index (χ4n) is 1.29. The molecule has 0 saturated carbocycles. The summed E-state index contributed by atoms with van der Waals surface area (Å²) in [6, 6.07) is 0. The van der Waals surface area contributed by atoms with Crippen LogP contribution in [0.25, 0.3) is 0 Å². The highest BCUT2D eigenvalue weighted by Gasteiger charge is 2.30. The molecule has 0 unspecified atom stereocenters. The molecule has 0 spiro atoms. The zero-order valence-electron chi connectivity index (χ0n) is 12.4. The average Bonchev–Trinajstić information content (AvgIpc) is 2.22. The van der Waals surface area contributed by atoms with Gasteiger partial charge in [0.2, 0.25) is 0 Å². The third-order valence-corrected chi connectivity index (χ3v) is 2.64. The van der Waals surface area contributed by atoms with Gasteiger partial charge < -0.3 is 17.0 Å². The van der Waals surface area contributed by atoms with Crippen molar-refractivity contribution in [3.05, 3.63) is 0 Å². The van der Waals surface area contributed by atoms with E-state index in [1.165, 1.54) is 0 Å². The molecule has 0 bridgehead atoms. The van der Waals surface area contributed by atoms with Crippen molar-refractivity contribution in [3.8, 4) is 23.7 Å². The van der Waals surface area contributed by atoms with Gasteiger partial charge in [0, 0.05) is 5.41 Å². The van der Waals surface area contributed by atoms with E-state index in [9.17, 15) is 4.79 Å². The first kappa shape index (κ1) is 19.6. The van der Waals surface area contributed by atoms with Gasteiger partial charge in [-0.1, -0.05) is 20.8 Å². The summed E-state index contributed by atoms with van der Waals surface area (Å²) >= 11 is 0. The Balaban J connectivity index is 0. The molecule has 0 aliphatic rings. The first-order chi connectivity index (χ1) is 7.75. The van der Waals surface area contributed by atoms with E-state index in [1.54, 1.807) is 0 Å². The van der Waals surface area contributed by atoms with Crippen LogP contribution in [0.1, 0.15) is 34.6 Å². The Kier molecular flexibility index (Phi) is 9.08. The lowest BCUT2D eigenvalue weighted by atomic mass is 9.90. The molecule has 0 radical (unpaired) electrons. The second-order valence-electron chi connectivity index (χ2n) is 5.62. The fourth-order valence-corrected chi connectivity index (χ4v) is 1.29. The van der Waals surface area contributed by atoms with Gasteiger partial charge in [0.1, 0.15) is 19.6 Å². The molecule has 0 aliphatic heterocycles. The maximum atomic E-state index is 12.1. The molecule has 0 aromatic heterocycles. The Morgan fingerprint density at radius 2 is 1.44 bits per heavy atom. The zero-order valence-corrected chi connectivity index (χ0v) is 13.9. The van der Waals surface area contributed by atoms with Crippen LogP contribution in [0.15, 0.2) is 0 Å². The van der Waals surface area contributed by atoms with E-state index in [2.05, 4.69) is 23.7 Å². The van der Waals surface area contributed by atoms with Crippen molar-refractivity contribution in [2.24, 2.45) is 5.41 Å². The summed E-state index contributed by atoms with van der Waals surface area (Å²) < 4.78 is 0.581. The van der Waals surface area contributed by atoms with E-state index >= 15 is 0 Å². The van der Waals surface area contributed by atoms with E-state index in [0.717, 1.165) is 0 Å². The highest BCUT2D eigenvalue weighted by atomic mass is 79.9. The van der Waals surface area contributed by atoms with E-state index < -0.39 is 0 Å². The molecule has 0 fully saturated rings. The van der Waals surface area contributed by atoms with E-state index in [-0.39, 0.29) is 28.2 Å². The second-order valence-corrected chi connectivity index (χ2v) is 5.62. The summed E-state index contributed by atoms with van der Waals surface area (Å²) in [5, 5.41) is 0. The van der Waals surface area contributed by atoms with Gasteiger partial charge in [-0.25, -0.2) is 0 Å². The minimum absolute atomic E-state index is 0.